The molecule has 0 aliphatic heterocycles. The van der Waals surface area contributed by atoms with Crippen molar-refractivity contribution in [2.45, 2.75) is 32.0 Å². The summed E-state index contributed by atoms with van der Waals surface area (Å²) in [6.45, 7) is 2.92. The van der Waals surface area contributed by atoms with E-state index in [9.17, 15) is 14.3 Å². The Balaban J connectivity index is 1.60. The smallest absolute Gasteiger partial charge is 0.231 e. The van der Waals surface area contributed by atoms with Crippen molar-refractivity contribution in [3.63, 3.8) is 0 Å². The van der Waals surface area contributed by atoms with Gasteiger partial charge in [0.25, 0.3) is 0 Å². The molecule has 0 bridgehead atoms. The van der Waals surface area contributed by atoms with Gasteiger partial charge in [-0.1, -0.05) is 11.6 Å². The number of amides is 1. The molecule has 1 saturated carbocycles. The second-order valence-electron chi connectivity index (χ2n) is 8.11. The molecule has 3 aromatic heterocycles. The summed E-state index contributed by atoms with van der Waals surface area (Å²) in [7, 11) is 0. The molecule has 0 spiro atoms. The zero-order chi connectivity index (χ0) is 22.1. The first-order chi connectivity index (χ1) is 14.6. The third-order valence-corrected chi connectivity index (χ3v) is 5.66. The van der Waals surface area contributed by atoms with Crippen LogP contribution in [0.15, 0.2) is 24.8 Å². The van der Waals surface area contributed by atoms with E-state index in [0.29, 0.717) is 27.8 Å². The number of alkyl halides is 1. The minimum Gasteiger partial charge on any atom is -0.386 e. The second kappa shape index (κ2) is 6.69. The minimum atomic E-state index is -1.49. The summed E-state index contributed by atoms with van der Waals surface area (Å²) < 4.78 is 29.8. The fraction of sp³-hybridized carbons (Fsp3) is 0.300. The molecule has 1 aromatic carbocycles. The van der Waals surface area contributed by atoms with Gasteiger partial charge in [0.05, 0.1) is 46.3 Å². The SMILES string of the molecule is CC(C)(O)c1c(F)c(Cl)c(-c2cn3cc(NC(=O)C4CC4F)nc3cn2)c2cn[nH]c12. The van der Waals surface area contributed by atoms with Crippen LogP contribution in [-0.2, 0) is 10.4 Å². The van der Waals surface area contributed by atoms with Crippen LogP contribution in [0.2, 0.25) is 5.02 Å². The van der Waals surface area contributed by atoms with E-state index >= 15 is 4.39 Å². The molecule has 2 atom stereocenters. The number of carbonyl (C=O) groups is 1. The highest BCUT2D eigenvalue weighted by Gasteiger charge is 2.43. The molecule has 31 heavy (non-hydrogen) atoms. The van der Waals surface area contributed by atoms with Gasteiger partial charge in [0.2, 0.25) is 5.91 Å². The number of carbonyl (C=O) groups excluding carboxylic acids is 1. The molecule has 4 aromatic rings. The van der Waals surface area contributed by atoms with Crippen LogP contribution in [0.3, 0.4) is 0 Å². The van der Waals surface area contributed by atoms with E-state index in [-0.39, 0.29) is 22.8 Å². The number of nitrogens with zero attached hydrogens (tertiary/aromatic N) is 4. The zero-order valence-corrected chi connectivity index (χ0v) is 17.2. The van der Waals surface area contributed by atoms with Crippen LogP contribution in [0.1, 0.15) is 25.8 Å². The molecule has 8 nitrogen and oxygen atoms in total. The first-order valence-corrected chi connectivity index (χ1v) is 9.90. The average Bonchev–Trinajstić information content (AvgIpc) is 3.07. The lowest BCUT2D eigenvalue weighted by Gasteiger charge is -2.21. The normalized spacial score (nSPS) is 18.6. The number of halogens is 3. The number of benzene rings is 1. The van der Waals surface area contributed by atoms with Crippen LogP contribution in [0.25, 0.3) is 27.8 Å². The quantitative estimate of drug-likeness (QED) is 0.444. The first-order valence-electron chi connectivity index (χ1n) is 9.52. The molecular formula is C20H17ClF2N6O2. The maximum absolute atomic E-state index is 15.2. The van der Waals surface area contributed by atoms with E-state index in [1.165, 1.54) is 26.2 Å². The molecule has 3 heterocycles. The second-order valence-corrected chi connectivity index (χ2v) is 8.49. The van der Waals surface area contributed by atoms with Crippen molar-refractivity contribution >= 4 is 39.9 Å². The Kier molecular flexibility index (Phi) is 4.28. The van der Waals surface area contributed by atoms with Gasteiger partial charge in [0.1, 0.15) is 6.17 Å². The molecule has 2 unspecified atom stereocenters. The summed E-state index contributed by atoms with van der Waals surface area (Å²) in [4.78, 5) is 20.5. The van der Waals surface area contributed by atoms with Gasteiger partial charge in [-0.3, -0.25) is 14.9 Å². The van der Waals surface area contributed by atoms with Gasteiger partial charge in [-0.25, -0.2) is 13.8 Å². The highest BCUT2D eigenvalue weighted by atomic mass is 35.5. The van der Waals surface area contributed by atoms with Gasteiger partial charge in [0.15, 0.2) is 17.3 Å². The molecule has 11 heteroatoms. The van der Waals surface area contributed by atoms with E-state index in [0.717, 1.165) is 0 Å². The van der Waals surface area contributed by atoms with Crippen molar-refractivity contribution in [2.24, 2.45) is 5.92 Å². The molecule has 3 N–H and O–H groups in total. The van der Waals surface area contributed by atoms with E-state index in [4.69, 9.17) is 11.6 Å². The van der Waals surface area contributed by atoms with Crippen molar-refractivity contribution in [1.29, 1.82) is 0 Å². The van der Waals surface area contributed by atoms with Crippen molar-refractivity contribution < 1.29 is 18.7 Å². The lowest BCUT2D eigenvalue weighted by atomic mass is 9.92. The van der Waals surface area contributed by atoms with Crippen LogP contribution in [0.5, 0.6) is 0 Å². The van der Waals surface area contributed by atoms with Gasteiger partial charge >= 0.3 is 0 Å². The highest BCUT2D eigenvalue weighted by Crippen LogP contribution is 2.41. The summed E-state index contributed by atoms with van der Waals surface area (Å²) >= 11 is 6.37. The zero-order valence-electron chi connectivity index (χ0n) is 16.4. The van der Waals surface area contributed by atoms with Crippen LogP contribution >= 0.6 is 11.6 Å². The number of rotatable bonds is 4. The number of aliphatic hydroxyl groups is 1. The standard InChI is InChI=1S/C20H17ClF2N6O2/c1-20(2,31)15-17(23)16(21)14(9-4-25-28-18(9)15)11-6-29-7-12(26-13(29)5-24-11)27-19(30)8-3-10(8)22/h4-8,10,31H,3H2,1-2H3,(H,25,28)(H,27,30). The van der Waals surface area contributed by atoms with E-state index in [1.54, 1.807) is 16.8 Å². The molecule has 0 radical (unpaired) electrons. The summed E-state index contributed by atoms with van der Waals surface area (Å²) in [5.41, 5.74) is -0.100. The number of hydrogen-bond donors (Lipinski definition) is 3. The average molecular weight is 447 g/mol. The number of fused-ring (bicyclic) bond motifs is 2. The number of aromatic nitrogens is 5. The largest absolute Gasteiger partial charge is 0.386 e. The molecule has 5 rings (SSSR count). The summed E-state index contributed by atoms with van der Waals surface area (Å²) in [6, 6.07) is 0. The topological polar surface area (TPSA) is 108 Å². The van der Waals surface area contributed by atoms with Crippen molar-refractivity contribution in [2.75, 3.05) is 5.32 Å². The monoisotopic (exact) mass is 446 g/mol. The van der Waals surface area contributed by atoms with Crippen molar-refractivity contribution in [1.82, 2.24) is 24.6 Å². The molecule has 1 aliphatic rings. The Bertz CT molecular complexity index is 1360. The van der Waals surface area contributed by atoms with Crippen LogP contribution in [-0.4, -0.2) is 41.8 Å². The van der Waals surface area contributed by atoms with Gasteiger partial charge in [-0.05, 0) is 20.3 Å². The summed E-state index contributed by atoms with van der Waals surface area (Å²) in [5.74, 6) is -1.57. The predicted octanol–water partition coefficient (Wildman–Crippen LogP) is 3.59. The summed E-state index contributed by atoms with van der Waals surface area (Å²) in [5, 5.41) is 20.0. The summed E-state index contributed by atoms with van der Waals surface area (Å²) in [6.07, 6.45) is 5.19. The minimum absolute atomic E-state index is 0.00806. The lowest BCUT2D eigenvalue weighted by Crippen LogP contribution is -2.19. The number of nitrogens with one attached hydrogen (secondary N) is 2. The van der Waals surface area contributed by atoms with Crippen LogP contribution in [0.4, 0.5) is 14.6 Å². The molecule has 1 fully saturated rings. The molecule has 0 saturated heterocycles. The maximum atomic E-state index is 15.2. The number of aromatic amines is 1. The Morgan fingerprint density at radius 2 is 2.13 bits per heavy atom. The third-order valence-electron chi connectivity index (χ3n) is 5.30. The van der Waals surface area contributed by atoms with E-state index < -0.39 is 29.4 Å². The Hall–Kier alpha value is -3.11. The Morgan fingerprint density at radius 3 is 2.81 bits per heavy atom. The van der Waals surface area contributed by atoms with Crippen LogP contribution in [0, 0.1) is 11.7 Å². The Labute approximate surface area is 179 Å². The first kappa shape index (κ1) is 19.8. The van der Waals surface area contributed by atoms with Gasteiger partial charge < -0.3 is 14.8 Å². The number of hydrogen-bond acceptors (Lipinski definition) is 5. The lowest BCUT2D eigenvalue weighted by molar-refractivity contribution is -0.117. The van der Waals surface area contributed by atoms with Crippen LogP contribution < -0.4 is 5.32 Å². The molecular weight excluding hydrogens is 430 g/mol. The third kappa shape index (κ3) is 3.22. The molecule has 1 amide bonds. The molecule has 160 valence electrons. The van der Waals surface area contributed by atoms with E-state index in [2.05, 4.69) is 25.5 Å². The van der Waals surface area contributed by atoms with Crippen molar-refractivity contribution in [3.8, 4) is 11.3 Å². The molecule has 1 aliphatic carbocycles. The maximum Gasteiger partial charge on any atom is 0.231 e. The van der Waals surface area contributed by atoms with Gasteiger partial charge in [0, 0.05) is 22.7 Å². The van der Waals surface area contributed by atoms with Gasteiger partial charge in [-0.2, -0.15) is 5.10 Å². The fourth-order valence-corrected chi connectivity index (χ4v) is 3.97. The number of anilines is 1. The van der Waals surface area contributed by atoms with Crippen molar-refractivity contribution in [3.05, 3.63) is 41.2 Å². The van der Waals surface area contributed by atoms with Gasteiger partial charge in [-0.15, -0.1) is 0 Å². The number of imidazole rings is 1. The Morgan fingerprint density at radius 1 is 1.39 bits per heavy atom. The predicted molar refractivity (Wildman–Crippen MR) is 110 cm³/mol. The highest BCUT2D eigenvalue weighted by molar-refractivity contribution is 6.35. The fourth-order valence-electron chi connectivity index (χ4n) is 3.68. The number of H-pyrrole nitrogens is 1. The van der Waals surface area contributed by atoms with E-state index in [1.807, 2.05) is 0 Å².